The van der Waals surface area contributed by atoms with E-state index in [2.05, 4.69) is 19.9 Å². The molecule has 1 saturated carbocycles. The highest BCUT2D eigenvalue weighted by Crippen LogP contribution is 2.65. The number of aromatic amines is 2. The van der Waals surface area contributed by atoms with Crippen LogP contribution in [-0.2, 0) is 5.54 Å². The lowest BCUT2D eigenvalue weighted by Gasteiger charge is -2.45. The molecule has 0 amide bonds. The Bertz CT molecular complexity index is 1340. The predicted molar refractivity (Wildman–Crippen MR) is 107 cm³/mol. The average Bonchev–Trinajstić information content (AvgIpc) is 3.37. The summed E-state index contributed by atoms with van der Waals surface area (Å²) >= 11 is 6.04. The molecule has 0 radical (unpaired) electrons. The second-order valence-corrected chi connectivity index (χ2v) is 7.77. The van der Waals surface area contributed by atoms with Crippen molar-refractivity contribution in [2.24, 2.45) is 0 Å². The van der Waals surface area contributed by atoms with Crippen molar-refractivity contribution >= 4 is 34.0 Å². The van der Waals surface area contributed by atoms with Crippen molar-refractivity contribution in [1.29, 1.82) is 0 Å². The molecule has 4 heterocycles. The number of hydrogen-bond acceptors (Lipinski definition) is 3. The van der Waals surface area contributed by atoms with Gasteiger partial charge in [0.15, 0.2) is 0 Å². The standard InChI is InChI=1S/C21H14ClFN4O/c22-11-1-2-15(23)13(9-11)14-10-17-18(26-20(14)28)21(5-6-21)27(17)16-4-8-25-19-12(16)3-7-24-19/h1-4,7-10H,5-6H2,(H,24,25)(H,26,28). The molecule has 0 saturated heterocycles. The van der Waals surface area contributed by atoms with Crippen LogP contribution < -0.4 is 10.5 Å². The van der Waals surface area contributed by atoms with E-state index < -0.39 is 5.82 Å². The second kappa shape index (κ2) is 5.23. The van der Waals surface area contributed by atoms with Gasteiger partial charge < -0.3 is 14.9 Å². The van der Waals surface area contributed by atoms with Gasteiger partial charge in [-0.15, -0.1) is 0 Å². The molecule has 138 valence electrons. The number of anilines is 2. The van der Waals surface area contributed by atoms with Crippen LogP contribution in [0.5, 0.6) is 0 Å². The second-order valence-electron chi connectivity index (χ2n) is 7.33. The van der Waals surface area contributed by atoms with Gasteiger partial charge in [-0.2, -0.15) is 0 Å². The number of rotatable bonds is 2. The van der Waals surface area contributed by atoms with E-state index in [0.717, 1.165) is 40.9 Å². The summed E-state index contributed by atoms with van der Waals surface area (Å²) in [5, 5.41) is 1.40. The smallest absolute Gasteiger partial charge is 0.256 e. The Labute approximate surface area is 163 Å². The molecule has 4 aromatic rings. The van der Waals surface area contributed by atoms with E-state index in [1.54, 1.807) is 12.3 Å². The zero-order valence-electron chi connectivity index (χ0n) is 14.6. The Hall–Kier alpha value is -3.12. The number of hydrogen-bond donors (Lipinski definition) is 2. The highest BCUT2D eigenvalue weighted by atomic mass is 35.5. The first-order valence-electron chi connectivity index (χ1n) is 9.04. The third kappa shape index (κ3) is 1.95. The highest BCUT2D eigenvalue weighted by molar-refractivity contribution is 6.30. The summed E-state index contributed by atoms with van der Waals surface area (Å²) in [5.74, 6) is -0.473. The molecule has 1 aromatic carbocycles. The van der Waals surface area contributed by atoms with Crippen LogP contribution in [0.15, 0.2) is 53.6 Å². The van der Waals surface area contributed by atoms with Crippen molar-refractivity contribution in [3.05, 3.63) is 75.7 Å². The summed E-state index contributed by atoms with van der Waals surface area (Å²) in [6.07, 6.45) is 5.57. The average molecular weight is 393 g/mol. The Morgan fingerprint density at radius 3 is 2.79 bits per heavy atom. The van der Waals surface area contributed by atoms with Crippen molar-refractivity contribution in [2.45, 2.75) is 18.4 Å². The first-order valence-corrected chi connectivity index (χ1v) is 9.42. The van der Waals surface area contributed by atoms with Crippen LogP contribution in [0.3, 0.4) is 0 Å². The molecule has 1 aliphatic heterocycles. The number of H-pyrrole nitrogens is 2. The van der Waals surface area contributed by atoms with Crippen molar-refractivity contribution in [3.63, 3.8) is 0 Å². The minimum absolute atomic E-state index is 0.175. The number of fused-ring (bicyclic) bond motifs is 3. The maximum absolute atomic E-state index is 14.4. The number of nitrogens with zero attached hydrogens (tertiary/aromatic N) is 2. The lowest BCUT2D eigenvalue weighted by atomic mass is 9.92. The van der Waals surface area contributed by atoms with E-state index in [1.165, 1.54) is 18.2 Å². The van der Waals surface area contributed by atoms with Crippen molar-refractivity contribution in [2.75, 3.05) is 4.90 Å². The van der Waals surface area contributed by atoms with Gasteiger partial charge in [0.1, 0.15) is 11.5 Å². The Balaban J connectivity index is 1.58. The van der Waals surface area contributed by atoms with Gasteiger partial charge >= 0.3 is 0 Å². The quantitative estimate of drug-likeness (QED) is 0.512. The first-order chi connectivity index (χ1) is 13.6. The molecule has 0 atom stereocenters. The summed E-state index contributed by atoms with van der Waals surface area (Å²) in [6, 6.07) is 9.98. The van der Waals surface area contributed by atoms with Gasteiger partial charge in [0.25, 0.3) is 5.56 Å². The molecule has 1 spiro atoms. The SMILES string of the molecule is O=c1[nH]c2c(cc1-c1cc(Cl)ccc1F)N(c1ccnc3[nH]ccc13)C21CC1. The number of pyridine rings is 2. The van der Waals surface area contributed by atoms with Gasteiger partial charge in [-0.05, 0) is 49.2 Å². The Morgan fingerprint density at radius 1 is 1.11 bits per heavy atom. The van der Waals surface area contributed by atoms with Crippen molar-refractivity contribution in [1.82, 2.24) is 15.0 Å². The van der Waals surface area contributed by atoms with Crippen LogP contribution in [0.2, 0.25) is 5.02 Å². The largest absolute Gasteiger partial charge is 0.346 e. The maximum Gasteiger partial charge on any atom is 0.256 e. The molecule has 0 bridgehead atoms. The normalized spacial score (nSPS) is 16.3. The zero-order valence-corrected chi connectivity index (χ0v) is 15.3. The van der Waals surface area contributed by atoms with Crippen LogP contribution in [0.4, 0.5) is 15.8 Å². The third-order valence-electron chi connectivity index (χ3n) is 5.77. The van der Waals surface area contributed by atoms with Gasteiger partial charge in [0.2, 0.25) is 0 Å². The van der Waals surface area contributed by atoms with Gasteiger partial charge in [0.05, 0.1) is 28.2 Å². The molecule has 3 aromatic heterocycles. The molecule has 2 N–H and O–H groups in total. The monoisotopic (exact) mass is 392 g/mol. The van der Waals surface area contributed by atoms with Crippen LogP contribution in [-0.4, -0.2) is 15.0 Å². The molecule has 1 aliphatic carbocycles. The summed E-state index contributed by atoms with van der Waals surface area (Å²) in [4.78, 5) is 25.5. The van der Waals surface area contributed by atoms with Gasteiger partial charge in [0, 0.05) is 28.4 Å². The fourth-order valence-corrected chi connectivity index (χ4v) is 4.51. The van der Waals surface area contributed by atoms with E-state index in [9.17, 15) is 9.18 Å². The summed E-state index contributed by atoms with van der Waals surface area (Å²) in [7, 11) is 0. The van der Waals surface area contributed by atoms with Crippen LogP contribution in [0.25, 0.3) is 22.2 Å². The molecule has 7 heteroatoms. The van der Waals surface area contributed by atoms with Crippen molar-refractivity contribution < 1.29 is 4.39 Å². The molecule has 0 unspecified atom stereocenters. The molecular weight excluding hydrogens is 379 g/mol. The Kier molecular flexibility index (Phi) is 2.97. The van der Waals surface area contributed by atoms with E-state index in [4.69, 9.17) is 11.6 Å². The minimum atomic E-state index is -0.473. The number of nitrogens with one attached hydrogen (secondary N) is 2. The molecule has 28 heavy (non-hydrogen) atoms. The van der Waals surface area contributed by atoms with Crippen LogP contribution >= 0.6 is 11.6 Å². The van der Waals surface area contributed by atoms with E-state index >= 15 is 0 Å². The van der Waals surface area contributed by atoms with Crippen LogP contribution in [0, 0.1) is 5.82 Å². The number of benzene rings is 1. The molecular formula is C21H14ClFN4O. The molecule has 6 rings (SSSR count). The van der Waals surface area contributed by atoms with Gasteiger partial charge in [-0.3, -0.25) is 4.79 Å². The van der Waals surface area contributed by atoms with E-state index in [-0.39, 0.29) is 22.2 Å². The Morgan fingerprint density at radius 2 is 1.96 bits per heavy atom. The summed E-state index contributed by atoms with van der Waals surface area (Å²) in [6.45, 7) is 0. The minimum Gasteiger partial charge on any atom is -0.346 e. The lowest BCUT2D eigenvalue weighted by molar-refractivity contribution is 0.605. The van der Waals surface area contributed by atoms with Crippen molar-refractivity contribution in [3.8, 4) is 11.1 Å². The third-order valence-corrected chi connectivity index (χ3v) is 6.01. The van der Waals surface area contributed by atoms with E-state index in [0.29, 0.717) is 5.02 Å². The zero-order chi connectivity index (χ0) is 19.0. The van der Waals surface area contributed by atoms with E-state index in [1.807, 2.05) is 18.3 Å². The lowest BCUT2D eigenvalue weighted by Crippen LogP contribution is -2.44. The molecule has 2 aliphatic rings. The summed E-state index contributed by atoms with van der Waals surface area (Å²) in [5.41, 5.74) is 3.66. The predicted octanol–water partition coefficient (Wildman–Crippen LogP) is 4.85. The molecule has 1 fully saturated rings. The summed E-state index contributed by atoms with van der Waals surface area (Å²) < 4.78 is 14.4. The maximum atomic E-state index is 14.4. The van der Waals surface area contributed by atoms with Gasteiger partial charge in [-0.25, -0.2) is 9.37 Å². The molecule has 5 nitrogen and oxygen atoms in total. The topological polar surface area (TPSA) is 64.8 Å². The van der Waals surface area contributed by atoms with Gasteiger partial charge in [-0.1, -0.05) is 11.6 Å². The fourth-order valence-electron chi connectivity index (χ4n) is 4.34. The fraction of sp³-hybridized carbons (Fsp3) is 0.143. The highest BCUT2D eigenvalue weighted by Gasteiger charge is 2.60. The van der Waals surface area contributed by atoms with Crippen LogP contribution in [0.1, 0.15) is 18.5 Å². The number of halogens is 2. The number of aromatic nitrogens is 3. The first kappa shape index (κ1) is 15.9.